The van der Waals surface area contributed by atoms with Crippen molar-refractivity contribution in [3.63, 3.8) is 0 Å². The first kappa shape index (κ1) is 28.5. The van der Waals surface area contributed by atoms with Crippen molar-refractivity contribution in [1.82, 2.24) is 20.9 Å². The van der Waals surface area contributed by atoms with Crippen LogP contribution in [0.5, 0.6) is 0 Å². The number of hydrogen-bond donors (Lipinski definition) is 3. The lowest BCUT2D eigenvalue weighted by molar-refractivity contribution is -0.146. The Balaban J connectivity index is 1.91. The van der Waals surface area contributed by atoms with E-state index in [0.717, 1.165) is 0 Å². The minimum atomic E-state index is -3.29. The summed E-state index contributed by atoms with van der Waals surface area (Å²) in [6.07, 6.45) is 1.49. The number of rotatable bonds is 7. The molecule has 11 heteroatoms. The molecular weight excluding hydrogens is 484 g/mol. The first-order valence-corrected chi connectivity index (χ1v) is 12.8. The lowest BCUT2D eigenvalue weighted by atomic mass is 9.71. The Labute approximate surface area is 216 Å². The second-order valence-electron chi connectivity index (χ2n) is 11.6. The number of amides is 4. The summed E-state index contributed by atoms with van der Waals surface area (Å²) in [6.45, 7) is 9.67. The second-order valence-corrected chi connectivity index (χ2v) is 11.6. The standard InChI is InChI=1S/C26H37F2N5O4/c1-13-6-7-14(2)18-17(13)12-33(25(37)20(26(3,4)5)32-24(36)21(27)28)19(18)23(35)31-16(11-29)10-15-8-9-30-22(15)34/h6-7,13-21H,8-10,12H2,1-5H3,(H,30,34)(H,31,35)(H,32,36)/t13-,14+,15-,16-,17+,18-,19-,20+/m0/s1. The molecule has 0 bridgehead atoms. The van der Waals surface area contributed by atoms with Crippen LogP contribution in [0.25, 0.3) is 0 Å². The highest BCUT2D eigenvalue weighted by molar-refractivity contribution is 5.94. The Bertz CT molecular complexity index is 988. The van der Waals surface area contributed by atoms with Crippen LogP contribution in [0.3, 0.4) is 0 Å². The lowest BCUT2D eigenvalue weighted by Gasteiger charge is -2.37. The average Bonchev–Trinajstić information content (AvgIpc) is 3.42. The van der Waals surface area contributed by atoms with Gasteiger partial charge in [-0.25, -0.2) is 0 Å². The molecule has 0 aromatic heterocycles. The fourth-order valence-corrected chi connectivity index (χ4v) is 5.84. The number of fused-ring (bicyclic) bond motifs is 1. The monoisotopic (exact) mass is 521 g/mol. The Morgan fingerprint density at radius 3 is 2.38 bits per heavy atom. The van der Waals surface area contributed by atoms with Gasteiger partial charge in [-0.05, 0) is 41.9 Å². The van der Waals surface area contributed by atoms with Crippen molar-refractivity contribution in [2.24, 2.45) is 35.0 Å². The van der Waals surface area contributed by atoms with E-state index in [-0.39, 0.29) is 48.5 Å². The van der Waals surface area contributed by atoms with Crippen LogP contribution in [-0.4, -0.2) is 66.2 Å². The molecule has 2 aliphatic heterocycles. The number of likely N-dealkylation sites (tertiary alicyclic amines) is 1. The molecule has 0 radical (unpaired) electrons. The quantitative estimate of drug-likeness (QED) is 0.438. The summed E-state index contributed by atoms with van der Waals surface area (Å²) >= 11 is 0. The highest BCUT2D eigenvalue weighted by Gasteiger charge is 2.54. The Kier molecular flexibility index (Phi) is 8.60. The molecule has 2 fully saturated rings. The maximum Gasteiger partial charge on any atom is 0.315 e. The van der Waals surface area contributed by atoms with Gasteiger partial charge in [-0.1, -0.05) is 46.8 Å². The molecule has 3 aliphatic rings. The molecule has 0 aromatic rings. The van der Waals surface area contributed by atoms with E-state index in [9.17, 15) is 33.2 Å². The molecule has 2 saturated heterocycles. The molecule has 4 amide bonds. The predicted molar refractivity (Wildman–Crippen MR) is 131 cm³/mol. The zero-order chi connectivity index (χ0) is 27.7. The minimum Gasteiger partial charge on any atom is -0.356 e. The average molecular weight is 522 g/mol. The van der Waals surface area contributed by atoms with Gasteiger partial charge in [0.05, 0.1) is 6.07 Å². The van der Waals surface area contributed by atoms with E-state index in [0.29, 0.717) is 13.0 Å². The maximum atomic E-state index is 13.8. The highest BCUT2D eigenvalue weighted by atomic mass is 19.3. The SMILES string of the molecule is C[C@@H]1C=C[C@H](C)[C@H]2CN(C(=O)[C@@H](NC(=O)C(F)F)C(C)(C)C)[C@H](C(=O)N[C@H](C#N)C[C@@H]3CCNC3=O)[C@H]21. The fourth-order valence-electron chi connectivity index (χ4n) is 5.84. The third-order valence-corrected chi connectivity index (χ3v) is 7.91. The van der Waals surface area contributed by atoms with Crippen LogP contribution in [0, 0.1) is 46.3 Å². The molecule has 8 atom stereocenters. The zero-order valence-electron chi connectivity index (χ0n) is 22.0. The van der Waals surface area contributed by atoms with Gasteiger partial charge in [0.2, 0.25) is 17.7 Å². The number of carbonyl (C=O) groups excluding carboxylic acids is 4. The van der Waals surface area contributed by atoms with Gasteiger partial charge in [-0.15, -0.1) is 0 Å². The Morgan fingerprint density at radius 1 is 1.19 bits per heavy atom. The van der Waals surface area contributed by atoms with Crippen LogP contribution in [0.1, 0.15) is 47.5 Å². The molecule has 0 saturated carbocycles. The van der Waals surface area contributed by atoms with Gasteiger partial charge < -0.3 is 20.9 Å². The number of hydrogen-bond acceptors (Lipinski definition) is 5. The number of allylic oxidation sites excluding steroid dienone is 2. The van der Waals surface area contributed by atoms with Gasteiger partial charge in [-0.3, -0.25) is 19.2 Å². The van der Waals surface area contributed by atoms with Gasteiger partial charge in [0.15, 0.2) is 0 Å². The van der Waals surface area contributed by atoms with Crippen LogP contribution in [0.2, 0.25) is 0 Å². The van der Waals surface area contributed by atoms with Crippen LogP contribution in [0.15, 0.2) is 12.2 Å². The summed E-state index contributed by atoms with van der Waals surface area (Å²) in [6, 6.07) is -1.11. The highest BCUT2D eigenvalue weighted by Crippen LogP contribution is 2.44. The first-order valence-electron chi connectivity index (χ1n) is 12.8. The first-order chi connectivity index (χ1) is 17.3. The summed E-state index contributed by atoms with van der Waals surface area (Å²) < 4.78 is 26.2. The summed E-state index contributed by atoms with van der Waals surface area (Å²) in [4.78, 5) is 52.8. The van der Waals surface area contributed by atoms with Crippen molar-refractivity contribution in [3.05, 3.63) is 12.2 Å². The number of halogens is 2. The predicted octanol–water partition coefficient (Wildman–Crippen LogP) is 1.60. The maximum absolute atomic E-state index is 13.8. The summed E-state index contributed by atoms with van der Waals surface area (Å²) in [5, 5.41) is 17.3. The van der Waals surface area contributed by atoms with Crippen LogP contribution in [0.4, 0.5) is 8.78 Å². The van der Waals surface area contributed by atoms with Gasteiger partial charge in [0.25, 0.3) is 5.91 Å². The second kappa shape index (κ2) is 11.2. The van der Waals surface area contributed by atoms with Crippen molar-refractivity contribution in [3.8, 4) is 6.07 Å². The largest absolute Gasteiger partial charge is 0.356 e. The molecule has 9 nitrogen and oxygen atoms in total. The van der Waals surface area contributed by atoms with E-state index in [1.807, 2.05) is 26.0 Å². The fraction of sp³-hybridized carbons (Fsp3) is 0.731. The minimum absolute atomic E-state index is 0.0559. The van der Waals surface area contributed by atoms with Crippen LogP contribution in [-0.2, 0) is 19.2 Å². The van der Waals surface area contributed by atoms with E-state index in [1.165, 1.54) is 4.90 Å². The third kappa shape index (κ3) is 6.11. The lowest BCUT2D eigenvalue weighted by Crippen LogP contribution is -2.60. The van der Waals surface area contributed by atoms with Crippen LogP contribution < -0.4 is 16.0 Å². The number of carbonyl (C=O) groups is 4. The van der Waals surface area contributed by atoms with Gasteiger partial charge in [-0.2, -0.15) is 14.0 Å². The molecule has 3 N–H and O–H groups in total. The summed E-state index contributed by atoms with van der Waals surface area (Å²) in [7, 11) is 0. The molecule has 2 heterocycles. The van der Waals surface area contributed by atoms with Crippen molar-refractivity contribution in [2.75, 3.05) is 13.1 Å². The zero-order valence-corrected chi connectivity index (χ0v) is 22.0. The number of nitrogens with zero attached hydrogens (tertiary/aromatic N) is 2. The topological polar surface area (TPSA) is 131 Å². The normalized spacial score (nSPS) is 30.8. The van der Waals surface area contributed by atoms with Crippen molar-refractivity contribution in [2.45, 2.75) is 72.0 Å². The van der Waals surface area contributed by atoms with Gasteiger partial charge >= 0.3 is 6.43 Å². The van der Waals surface area contributed by atoms with Crippen molar-refractivity contribution >= 4 is 23.6 Å². The van der Waals surface area contributed by atoms with Crippen molar-refractivity contribution in [1.29, 1.82) is 5.26 Å². The Hall–Kier alpha value is -3.03. The van der Waals surface area contributed by atoms with Crippen LogP contribution >= 0.6 is 0 Å². The van der Waals surface area contributed by atoms with Crippen molar-refractivity contribution < 1.29 is 28.0 Å². The molecule has 0 unspecified atom stereocenters. The molecule has 1 aliphatic carbocycles. The molecule has 0 aromatic carbocycles. The molecule has 204 valence electrons. The number of nitrogens with one attached hydrogen (secondary N) is 3. The number of alkyl halides is 2. The molecule has 0 spiro atoms. The smallest absolute Gasteiger partial charge is 0.315 e. The summed E-state index contributed by atoms with van der Waals surface area (Å²) in [5.74, 6) is -3.54. The molecule has 3 rings (SSSR count). The van der Waals surface area contributed by atoms with Gasteiger partial charge in [0, 0.05) is 19.0 Å². The summed E-state index contributed by atoms with van der Waals surface area (Å²) in [5.41, 5.74) is -0.906. The third-order valence-electron chi connectivity index (χ3n) is 7.91. The van der Waals surface area contributed by atoms with Gasteiger partial charge in [0.1, 0.15) is 18.1 Å². The number of nitriles is 1. The Morgan fingerprint density at radius 2 is 1.84 bits per heavy atom. The van der Waals surface area contributed by atoms with E-state index in [2.05, 4.69) is 22.0 Å². The molecule has 37 heavy (non-hydrogen) atoms. The van der Waals surface area contributed by atoms with E-state index >= 15 is 0 Å². The van der Waals surface area contributed by atoms with E-state index in [4.69, 9.17) is 0 Å². The van der Waals surface area contributed by atoms with E-state index in [1.54, 1.807) is 20.8 Å². The van der Waals surface area contributed by atoms with E-state index < -0.39 is 47.7 Å². The molecular formula is C26H37F2N5O4.